The molecule has 1 aromatic rings. The molecule has 1 atom stereocenters. The summed E-state index contributed by atoms with van der Waals surface area (Å²) in [4.78, 5) is 7.55. The van der Waals surface area contributed by atoms with Gasteiger partial charge < -0.3 is 5.73 Å². The van der Waals surface area contributed by atoms with Gasteiger partial charge in [-0.05, 0) is 37.3 Å². The Morgan fingerprint density at radius 3 is 2.53 bits per heavy atom. The summed E-state index contributed by atoms with van der Waals surface area (Å²) in [6.07, 6.45) is 3.09. The summed E-state index contributed by atoms with van der Waals surface area (Å²) in [5, 5.41) is 1.07. The van der Waals surface area contributed by atoms with Gasteiger partial charge in [-0.1, -0.05) is 4.83 Å². The largest absolute Gasteiger partial charge is 0.399 e. The SMILES string of the molecule is CC1C=CN(NS(=O)(=O)c2ccc(N)cc2)O1. The molecule has 0 spiro atoms. The first kappa shape index (κ1) is 11.9. The molecular formula is C10H13N3O3S. The van der Waals surface area contributed by atoms with Crippen molar-refractivity contribution >= 4 is 15.7 Å². The van der Waals surface area contributed by atoms with E-state index in [4.69, 9.17) is 10.6 Å². The van der Waals surface area contributed by atoms with Crippen LogP contribution in [0.2, 0.25) is 0 Å². The molecule has 1 aliphatic heterocycles. The standard InChI is InChI=1S/C10H13N3O3S/c1-8-6-7-13(16-8)12-17(14,15)10-4-2-9(11)3-5-10/h2-8,12H,11H2,1H3. The summed E-state index contributed by atoms with van der Waals surface area (Å²) in [6, 6.07) is 5.91. The molecular weight excluding hydrogens is 242 g/mol. The highest BCUT2D eigenvalue weighted by atomic mass is 32.2. The summed E-state index contributed by atoms with van der Waals surface area (Å²) in [5.41, 5.74) is 6.00. The molecule has 0 aromatic heterocycles. The number of nitrogens with zero attached hydrogens (tertiary/aromatic N) is 1. The quantitative estimate of drug-likeness (QED) is 0.773. The van der Waals surface area contributed by atoms with E-state index in [0.717, 1.165) is 5.17 Å². The zero-order chi connectivity index (χ0) is 12.5. The molecule has 1 aromatic carbocycles. The van der Waals surface area contributed by atoms with Gasteiger partial charge in [-0.25, -0.2) is 8.42 Å². The van der Waals surface area contributed by atoms with E-state index in [1.165, 1.54) is 30.5 Å². The lowest BCUT2D eigenvalue weighted by Crippen LogP contribution is -2.37. The number of hydrogen-bond acceptors (Lipinski definition) is 5. The zero-order valence-electron chi connectivity index (χ0n) is 9.20. The molecule has 2 rings (SSSR count). The van der Waals surface area contributed by atoms with E-state index in [2.05, 4.69) is 4.83 Å². The van der Waals surface area contributed by atoms with Crippen molar-refractivity contribution in [2.75, 3.05) is 5.73 Å². The van der Waals surface area contributed by atoms with Gasteiger partial charge in [0.2, 0.25) is 0 Å². The smallest absolute Gasteiger partial charge is 0.259 e. The molecule has 1 aliphatic rings. The van der Waals surface area contributed by atoms with Gasteiger partial charge in [0.25, 0.3) is 10.0 Å². The minimum absolute atomic E-state index is 0.128. The minimum atomic E-state index is -3.64. The van der Waals surface area contributed by atoms with E-state index in [9.17, 15) is 8.42 Å². The third kappa shape index (κ3) is 2.76. The third-order valence-electron chi connectivity index (χ3n) is 2.17. The van der Waals surface area contributed by atoms with Crippen LogP contribution in [0.15, 0.2) is 41.4 Å². The van der Waals surface area contributed by atoms with E-state index in [1.54, 1.807) is 13.0 Å². The number of hydrogen-bond donors (Lipinski definition) is 2. The van der Waals surface area contributed by atoms with Crippen molar-refractivity contribution in [2.24, 2.45) is 0 Å². The van der Waals surface area contributed by atoms with Crippen molar-refractivity contribution < 1.29 is 13.3 Å². The summed E-state index contributed by atoms with van der Waals surface area (Å²) < 4.78 is 23.8. The molecule has 0 aliphatic carbocycles. The second kappa shape index (κ2) is 4.36. The Kier molecular flexibility index (Phi) is 3.05. The second-order valence-corrected chi connectivity index (χ2v) is 5.30. The van der Waals surface area contributed by atoms with E-state index in [-0.39, 0.29) is 11.0 Å². The lowest BCUT2D eigenvalue weighted by atomic mass is 10.3. The normalized spacial score (nSPS) is 19.8. The van der Waals surface area contributed by atoms with E-state index in [1.807, 2.05) is 0 Å². The zero-order valence-corrected chi connectivity index (χ0v) is 10.0. The van der Waals surface area contributed by atoms with Crippen LogP contribution in [0.4, 0.5) is 5.69 Å². The Labute approximate surface area is 99.6 Å². The van der Waals surface area contributed by atoms with Crippen LogP contribution in [-0.4, -0.2) is 19.7 Å². The summed E-state index contributed by atoms with van der Waals surface area (Å²) in [5.74, 6) is 0. The van der Waals surface area contributed by atoms with Gasteiger partial charge in [0.15, 0.2) is 0 Å². The van der Waals surface area contributed by atoms with Gasteiger partial charge in [-0.3, -0.25) is 4.84 Å². The van der Waals surface area contributed by atoms with Crippen LogP contribution in [0.25, 0.3) is 0 Å². The van der Waals surface area contributed by atoms with Crippen LogP contribution in [0.1, 0.15) is 6.92 Å². The molecule has 0 amide bonds. The molecule has 6 nitrogen and oxygen atoms in total. The highest BCUT2D eigenvalue weighted by Gasteiger charge is 2.20. The molecule has 7 heteroatoms. The fourth-order valence-electron chi connectivity index (χ4n) is 1.32. The first-order valence-electron chi connectivity index (χ1n) is 5.00. The molecule has 1 unspecified atom stereocenters. The number of nitrogens with two attached hydrogens (primary N) is 1. The van der Waals surface area contributed by atoms with Gasteiger partial charge in [-0.2, -0.15) is 5.17 Å². The molecule has 92 valence electrons. The van der Waals surface area contributed by atoms with Gasteiger partial charge in [0.1, 0.15) is 6.10 Å². The lowest BCUT2D eigenvalue weighted by molar-refractivity contribution is -0.140. The lowest BCUT2D eigenvalue weighted by Gasteiger charge is -2.17. The fourth-order valence-corrected chi connectivity index (χ4v) is 2.26. The van der Waals surface area contributed by atoms with Crippen molar-refractivity contribution in [2.45, 2.75) is 17.9 Å². The summed E-state index contributed by atoms with van der Waals surface area (Å²) in [7, 11) is -3.64. The molecule has 3 N–H and O–H groups in total. The topological polar surface area (TPSA) is 84.7 Å². The number of benzene rings is 1. The van der Waals surface area contributed by atoms with E-state index >= 15 is 0 Å². The first-order chi connectivity index (χ1) is 7.97. The molecule has 1 heterocycles. The molecule has 17 heavy (non-hydrogen) atoms. The molecule has 0 saturated carbocycles. The van der Waals surface area contributed by atoms with Crippen LogP contribution in [-0.2, 0) is 14.9 Å². The predicted molar refractivity (Wildman–Crippen MR) is 62.7 cm³/mol. The average molecular weight is 255 g/mol. The Hall–Kier alpha value is -1.57. The van der Waals surface area contributed by atoms with Crippen molar-refractivity contribution in [1.29, 1.82) is 0 Å². The number of nitrogens with one attached hydrogen (secondary N) is 1. The highest BCUT2D eigenvalue weighted by Crippen LogP contribution is 2.14. The van der Waals surface area contributed by atoms with Crippen molar-refractivity contribution in [3.8, 4) is 0 Å². The van der Waals surface area contributed by atoms with Gasteiger partial charge in [0.05, 0.1) is 4.90 Å². The minimum Gasteiger partial charge on any atom is -0.399 e. The second-order valence-electron chi connectivity index (χ2n) is 3.64. The Morgan fingerprint density at radius 1 is 1.35 bits per heavy atom. The van der Waals surface area contributed by atoms with Crippen LogP contribution < -0.4 is 10.6 Å². The third-order valence-corrected chi connectivity index (χ3v) is 3.49. The van der Waals surface area contributed by atoms with E-state index in [0.29, 0.717) is 5.69 Å². The van der Waals surface area contributed by atoms with Crippen LogP contribution >= 0.6 is 0 Å². The maximum Gasteiger partial charge on any atom is 0.259 e. The summed E-state index contributed by atoms with van der Waals surface area (Å²) >= 11 is 0. The first-order valence-corrected chi connectivity index (χ1v) is 6.48. The number of rotatable bonds is 3. The van der Waals surface area contributed by atoms with Crippen LogP contribution in [0.5, 0.6) is 0 Å². The molecule has 0 bridgehead atoms. The maximum absolute atomic E-state index is 11.9. The van der Waals surface area contributed by atoms with Crippen molar-refractivity contribution in [1.82, 2.24) is 10.0 Å². The number of hydrazine groups is 1. The van der Waals surface area contributed by atoms with Crippen molar-refractivity contribution in [3.05, 3.63) is 36.5 Å². The fraction of sp³-hybridized carbons (Fsp3) is 0.200. The Balaban J connectivity index is 2.14. The van der Waals surface area contributed by atoms with Crippen LogP contribution in [0, 0.1) is 0 Å². The summed E-state index contributed by atoms with van der Waals surface area (Å²) in [6.45, 7) is 1.80. The number of anilines is 1. The average Bonchev–Trinajstić information content (AvgIpc) is 2.63. The Bertz CT molecular complexity index is 524. The number of nitrogen functional groups attached to an aromatic ring is 1. The molecule has 0 fully saturated rings. The van der Waals surface area contributed by atoms with Crippen molar-refractivity contribution in [3.63, 3.8) is 0 Å². The highest BCUT2D eigenvalue weighted by molar-refractivity contribution is 7.89. The van der Waals surface area contributed by atoms with Gasteiger partial charge >= 0.3 is 0 Å². The molecule has 0 saturated heterocycles. The number of sulfonamides is 1. The van der Waals surface area contributed by atoms with E-state index < -0.39 is 10.0 Å². The van der Waals surface area contributed by atoms with Crippen LogP contribution in [0.3, 0.4) is 0 Å². The predicted octanol–water partition coefficient (Wildman–Crippen LogP) is 0.611. The monoisotopic (exact) mass is 255 g/mol. The molecule has 0 radical (unpaired) electrons. The number of hydroxylamine groups is 1. The Morgan fingerprint density at radius 2 is 2.00 bits per heavy atom. The maximum atomic E-state index is 11.9. The van der Waals surface area contributed by atoms with Gasteiger partial charge in [0, 0.05) is 11.9 Å². The van der Waals surface area contributed by atoms with Gasteiger partial charge in [-0.15, -0.1) is 0 Å².